The molecule has 106 valence electrons. The maximum absolute atomic E-state index is 10.8. The molecule has 0 aliphatic heterocycles. The summed E-state index contributed by atoms with van der Waals surface area (Å²) in [4.78, 5) is 10.8. The molecule has 0 saturated heterocycles. The van der Waals surface area contributed by atoms with Crippen molar-refractivity contribution in [3.63, 3.8) is 0 Å². The van der Waals surface area contributed by atoms with E-state index < -0.39 is 5.97 Å². The average molecular weight is 286 g/mol. The van der Waals surface area contributed by atoms with Crippen LogP contribution in [0.15, 0.2) is 18.2 Å². The van der Waals surface area contributed by atoms with Crippen molar-refractivity contribution in [3.8, 4) is 0 Å². The van der Waals surface area contributed by atoms with E-state index in [-0.39, 0.29) is 22.6 Å². The van der Waals surface area contributed by atoms with Crippen LogP contribution < -0.4 is 5.32 Å². The zero-order valence-electron chi connectivity index (χ0n) is 11.2. The van der Waals surface area contributed by atoms with Crippen LogP contribution in [0.1, 0.15) is 37.0 Å². The minimum atomic E-state index is -1.03. The molecule has 1 aromatic rings. The van der Waals surface area contributed by atoms with E-state index in [1.807, 2.05) is 0 Å². The van der Waals surface area contributed by atoms with Crippen LogP contribution in [0.2, 0.25) is 5.02 Å². The Bertz CT molecular complexity index is 446. The van der Waals surface area contributed by atoms with Crippen LogP contribution in [0.3, 0.4) is 0 Å². The van der Waals surface area contributed by atoms with E-state index in [9.17, 15) is 4.79 Å². The summed E-state index contributed by atoms with van der Waals surface area (Å²) in [5, 5.41) is 21.2. The number of carboxylic acids is 1. The Kier molecular flexibility index (Phi) is 5.63. The molecule has 19 heavy (non-hydrogen) atoms. The quantitative estimate of drug-likeness (QED) is 0.719. The summed E-state index contributed by atoms with van der Waals surface area (Å²) in [6.45, 7) is 5.16. The molecule has 0 heterocycles. The fraction of sp³-hybridized carbons (Fsp3) is 0.500. The first-order valence-corrected chi connectivity index (χ1v) is 6.61. The van der Waals surface area contributed by atoms with E-state index in [1.54, 1.807) is 12.1 Å². The SMILES string of the molecule is CC(C)(CCCO)CNc1ccc(C(=O)O)c(Cl)c1. The lowest BCUT2D eigenvalue weighted by Gasteiger charge is -2.25. The third kappa shape index (κ3) is 5.09. The molecule has 5 heteroatoms. The summed E-state index contributed by atoms with van der Waals surface area (Å²) in [5.41, 5.74) is 0.958. The van der Waals surface area contributed by atoms with Crippen LogP contribution in [0.25, 0.3) is 0 Å². The first kappa shape index (κ1) is 15.8. The molecule has 0 spiro atoms. The summed E-state index contributed by atoms with van der Waals surface area (Å²) in [5.74, 6) is -1.03. The Balaban J connectivity index is 2.63. The maximum atomic E-state index is 10.8. The number of aliphatic hydroxyl groups excluding tert-OH is 1. The Morgan fingerprint density at radius 1 is 1.42 bits per heavy atom. The molecule has 0 amide bonds. The highest BCUT2D eigenvalue weighted by molar-refractivity contribution is 6.33. The third-order valence-corrected chi connectivity index (χ3v) is 3.29. The molecule has 0 aliphatic rings. The summed E-state index contributed by atoms with van der Waals surface area (Å²) in [6, 6.07) is 4.82. The Morgan fingerprint density at radius 2 is 2.11 bits per heavy atom. The molecule has 3 N–H and O–H groups in total. The van der Waals surface area contributed by atoms with Gasteiger partial charge in [0.2, 0.25) is 0 Å². The number of anilines is 1. The predicted octanol–water partition coefficient (Wildman–Crippen LogP) is 3.25. The van der Waals surface area contributed by atoms with Crippen LogP contribution in [-0.2, 0) is 0 Å². The summed E-state index contributed by atoms with van der Waals surface area (Å²) in [6.07, 6.45) is 1.69. The van der Waals surface area contributed by atoms with Gasteiger partial charge in [0, 0.05) is 18.8 Å². The Hall–Kier alpha value is -1.26. The molecule has 0 atom stereocenters. The normalized spacial score (nSPS) is 11.4. The molecular weight excluding hydrogens is 266 g/mol. The molecule has 0 saturated carbocycles. The highest BCUT2D eigenvalue weighted by atomic mass is 35.5. The Morgan fingerprint density at radius 3 is 2.63 bits per heavy atom. The lowest BCUT2D eigenvalue weighted by Crippen LogP contribution is -2.23. The maximum Gasteiger partial charge on any atom is 0.337 e. The molecule has 0 aromatic heterocycles. The number of hydrogen-bond acceptors (Lipinski definition) is 3. The standard InChI is InChI=1S/C14H20ClNO3/c1-14(2,6-3-7-17)9-16-10-4-5-11(13(18)19)12(15)8-10/h4-5,8,16-17H,3,6-7,9H2,1-2H3,(H,18,19). The lowest BCUT2D eigenvalue weighted by molar-refractivity contribution is 0.0697. The number of aromatic carboxylic acids is 1. The molecule has 0 radical (unpaired) electrons. The van der Waals surface area contributed by atoms with Crippen molar-refractivity contribution in [1.82, 2.24) is 0 Å². The second-order valence-corrected chi connectivity index (χ2v) is 5.75. The van der Waals surface area contributed by atoms with Crippen molar-refractivity contribution in [3.05, 3.63) is 28.8 Å². The van der Waals surface area contributed by atoms with Gasteiger partial charge in [0.15, 0.2) is 0 Å². The van der Waals surface area contributed by atoms with Gasteiger partial charge in [-0.15, -0.1) is 0 Å². The van der Waals surface area contributed by atoms with E-state index in [1.165, 1.54) is 6.07 Å². The number of hydrogen-bond donors (Lipinski definition) is 3. The van der Waals surface area contributed by atoms with Crippen molar-refractivity contribution in [2.45, 2.75) is 26.7 Å². The van der Waals surface area contributed by atoms with Gasteiger partial charge in [0.1, 0.15) is 0 Å². The van der Waals surface area contributed by atoms with Crippen LogP contribution in [0, 0.1) is 5.41 Å². The van der Waals surface area contributed by atoms with Crippen molar-refractivity contribution >= 4 is 23.3 Å². The Labute approximate surface area is 118 Å². The number of halogens is 1. The molecule has 4 nitrogen and oxygen atoms in total. The second-order valence-electron chi connectivity index (χ2n) is 5.34. The van der Waals surface area contributed by atoms with E-state index in [2.05, 4.69) is 19.2 Å². The van der Waals surface area contributed by atoms with Crippen LogP contribution in [0.5, 0.6) is 0 Å². The number of benzene rings is 1. The van der Waals surface area contributed by atoms with Gasteiger partial charge in [-0.1, -0.05) is 25.4 Å². The molecular formula is C14H20ClNO3. The van der Waals surface area contributed by atoms with Crippen molar-refractivity contribution in [2.24, 2.45) is 5.41 Å². The first-order chi connectivity index (χ1) is 8.85. The number of rotatable bonds is 7. The van der Waals surface area contributed by atoms with Gasteiger partial charge < -0.3 is 15.5 Å². The summed E-state index contributed by atoms with van der Waals surface area (Å²) >= 11 is 5.90. The minimum absolute atomic E-state index is 0.0562. The monoisotopic (exact) mass is 285 g/mol. The van der Waals surface area contributed by atoms with Gasteiger partial charge in [0.25, 0.3) is 0 Å². The molecule has 0 unspecified atom stereocenters. The molecule has 0 fully saturated rings. The zero-order valence-corrected chi connectivity index (χ0v) is 12.0. The largest absolute Gasteiger partial charge is 0.478 e. The lowest BCUT2D eigenvalue weighted by atomic mass is 9.88. The van der Waals surface area contributed by atoms with Crippen molar-refractivity contribution in [1.29, 1.82) is 0 Å². The van der Waals surface area contributed by atoms with Crippen LogP contribution in [0.4, 0.5) is 5.69 Å². The molecule has 1 rings (SSSR count). The predicted molar refractivity (Wildman–Crippen MR) is 77.0 cm³/mol. The molecule has 0 aliphatic carbocycles. The van der Waals surface area contributed by atoms with Crippen LogP contribution in [-0.4, -0.2) is 29.3 Å². The van der Waals surface area contributed by atoms with Gasteiger partial charge in [-0.2, -0.15) is 0 Å². The van der Waals surface area contributed by atoms with Crippen molar-refractivity contribution < 1.29 is 15.0 Å². The molecule has 0 bridgehead atoms. The van der Waals surface area contributed by atoms with E-state index >= 15 is 0 Å². The number of nitrogens with one attached hydrogen (secondary N) is 1. The van der Waals surface area contributed by atoms with Gasteiger partial charge in [-0.3, -0.25) is 0 Å². The zero-order chi connectivity index (χ0) is 14.5. The average Bonchev–Trinajstić information content (AvgIpc) is 2.34. The first-order valence-electron chi connectivity index (χ1n) is 6.23. The topological polar surface area (TPSA) is 69.6 Å². The van der Waals surface area contributed by atoms with E-state index in [4.69, 9.17) is 21.8 Å². The van der Waals surface area contributed by atoms with Gasteiger partial charge in [0.05, 0.1) is 10.6 Å². The van der Waals surface area contributed by atoms with Gasteiger partial charge in [-0.25, -0.2) is 4.79 Å². The smallest absolute Gasteiger partial charge is 0.337 e. The highest BCUT2D eigenvalue weighted by Crippen LogP contribution is 2.25. The van der Waals surface area contributed by atoms with E-state index in [0.29, 0.717) is 0 Å². The number of carbonyl (C=O) groups is 1. The second kappa shape index (κ2) is 6.78. The van der Waals surface area contributed by atoms with Crippen molar-refractivity contribution in [2.75, 3.05) is 18.5 Å². The highest BCUT2D eigenvalue weighted by Gasteiger charge is 2.17. The summed E-state index contributed by atoms with van der Waals surface area (Å²) < 4.78 is 0. The van der Waals surface area contributed by atoms with Crippen LogP contribution >= 0.6 is 11.6 Å². The number of aliphatic hydroxyl groups is 1. The third-order valence-electron chi connectivity index (χ3n) is 2.98. The van der Waals surface area contributed by atoms with Gasteiger partial charge >= 0.3 is 5.97 Å². The minimum Gasteiger partial charge on any atom is -0.478 e. The summed E-state index contributed by atoms with van der Waals surface area (Å²) in [7, 11) is 0. The molecule has 1 aromatic carbocycles. The van der Waals surface area contributed by atoms with E-state index in [0.717, 1.165) is 25.1 Å². The fourth-order valence-corrected chi connectivity index (χ4v) is 2.05. The van der Waals surface area contributed by atoms with Gasteiger partial charge in [-0.05, 0) is 36.5 Å². The number of carboxylic acid groups (broad SMARTS) is 1. The fourth-order valence-electron chi connectivity index (χ4n) is 1.79.